The van der Waals surface area contributed by atoms with Gasteiger partial charge in [-0.2, -0.15) is 0 Å². The van der Waals surface area contributed by atoms with Gasteiger partial charge in [0.15, 0.2) is 0 Å². The van der Waals surface area contributed by atoms with E-state index < -0.39 is 0 Å². The van der Waals surface area contributed by atoms with Crippen LogP contribution in [-0.2, 0) is 11.3 Å². The average Bonchev–Trinajstić information content (AvgIpc) is 2.96. The zero-order valence-corrected chi connectivity index (χ0v) is 9.06. The maximum atomic E-state index is 5.80. The van der Waals surface area contributed by atoms with Crippen LogP contribution >= 0.6 is 0 Å². The Morgan fingerprint density at radius 3 is 2.67 bits per heavy atom. The predicted molar refractivity (Wildman–Crippen MR) is 60.4 cm³/mol. The lowest BCUT2D eigenvalue weighted by atomic mass is 10.1. The van der Waals surface area contributed by atoms with Crippen molar-refractivity contribution in [1.82, 2.24) is 0 Å². The summed E-state index contributed by atoms with van der Waals surface area (Å²) < 4.78 is 5.80. The van der Waals surface area contributed by atoms with Crippen LogP contribution in [0.25, 0.3) is 0 Å². The Balaban J connectivity index is 1.43. The Labute approximate surface area is 91.5 Å². The third-order valence-corrected chi connectivity index (χ3v) is 3.93. The summed E-state index contributed by atoms with van der Waals surface area (Å²) in [5, 5.41) is 0. The normalized spacial score (nSPS) is 32.7. The highest BCUT2D eigenvalue weighted by molar-refractivity contribution is 5.13. The van der Waals surface area contributed by atoms with Gasteiger partial charge in [-0.25, -0.2) is 0 Å². The SMILES string of the molecule is c1ccc(COC[C@@H]2CC[C@H]3C[C@@H]23)cc1. The van der Waals surface area contributed by atoms with Crippen molar-refractivity contribution in [3.8, 4) is 0 Å². The van der Waals surface area contributed by atoms with E-state index in [4.69, 9.17) is 4.74 Å². The Hall–Kier alpha value is -0.820. The molecule has 1 heteroatoms. The van der Waals surface area contributed by atoms with E-state index in [1.54, 1.807) is 0 Å². The van der Waals surface area contributed by atoms with Crippen LogP contribution in [0.1, 0.15) is 24.8 Å². The molecule has 3 atom stereocenters. The molecule has 2 aliphatic rings. The molecule has 0 saturated heterocycles. The average molecular weight is 202 g/mol. The van der Waals surface area contributed by atoms with Crippen LogP contribution in [0, 0.1) is 17.8 Å². The highest BCUT2D eigenvalue weighted by atomic mass is 16.5. The van der Waals surface area contributed by atoms with Crippen LogP contribution in [0.5, 0.6) is 0 Å². The van der Waals surface area contributed by atoms with Gasteiger partial charge in [0, 0.05) is 0 Å². The van der Waals surface area contributed by atoms with Crippen molar-refractivity contribution in [2.75, 3.05) is 6.61 Å². The molecule has 0 amide bonds. The van der Waals surface area contributed by atoms with Crippen molar-refractivity contribution in [3.63, 3.8) is 0 Å². The van der Waals surface area contributed by atoms with Crippen LogP contribution in [-0.4, -0.2) is 6.61 Å². The monoisotopic (exact) mass is 202 g/mol. The molecule has 0 aliphatic heterocycles. The van der Waals surface area contributed by atoms with Crippen molar-refractivity contribution in [1.29, 1.82) is 0 Å². The molecular weight excluding hydrogens is 184 g/mol. The minimum Gasteiger partial charge on any atom is -0.376 e. The fourth-order valence-corrected chi connectivity index (χ4v) is 2.93. The van der Waals surface area contributed by atoms with Gasteiger partial charge in [-0.3, -0.25) is 0 Å². The first-order chi connectivity index (χ1) is 7.43. The molecule has 1 nitrogen and oxygen atoms in total. The number of benzene rings is 1. The predicted octanol–water partition coefficient (Wildman–Crippen LogP) is 3.25. The summed E-state index contributed by atoms with van der Waals surface area (Å²) in [7, 11) is 0. The summed E-state index contributed by atoms with van der Waals surface area (Å²) >= 11 is 0. The molecule has 0 radical (unpaired) electrons. The highest BCUT2D eigenvalue weighted by Gasteiger charge is 2.47. The number of hydrogen-bond acceptors (Lipinski definition) is 1. The molecule has 0 aromatic heterocycles. The number of rotatable bonds is 4. The van der Waals surface area contributed by atoms with E-state index in [2.05, 4.69) is 30.3 Å². The zero-order valence-electron chi connectivity index (χ0n) is 9.06. The van der Waals surface area contributed by atoms with E-state index in [1.165, 1.54) is 24.8 Å². The summed E-state index contributed by atoms with van der Waals surface area (Å²) in [6, 6.07) is 10.5. The lowest BCUT2D eigenvalue weighted by Gasteiger charge is -2.11. The largest absolute Gasteiger partial charge is 0.376 e. The molecule has 2 fully saturated rings. The topological polar surface area (TPSA) is 9.23 Å². The maximum Gasteiger partial charge on any atom is 0.0717 e. The molecule has 0 bridgehead atoms. The van der Waals surface area contributed by atoms with Gasteiger partial charge in [0.05, 0.1) is 13.2 Å². The van der Waals surface area contributed by atoms with Gasteiger partial charge in [0.25, 0.3) is 0 Å². The maximum absolute atomic E-state index is 5.80. The molecule has 2 saturated carbocycles. The molecule has 2 aliphatic carbocycles. The van der Waals surface area contributed by atoms with Gasteiger partial charge in [-0.15, -0.1) is 0 Å². The molecular formula is C14H18O. The molecule has 80 valence electrons. The highest BCUT2D eigenvalue weighted by Crippen LogP contribution is 2.55. The molecule has 0 unspecified atom stereocenters. The van der Waals surface area contributed by atoms with Crippen molar-refractivity contribution in [2.24, 2.45) is 17.8 Å². The second-order valence-electron chi connectivity index (χ2n) is 5.00. The van der Waals surface area contributed by atoms with E-state index in [0.717, 1.165) is 31.0 Å². The number of ether oxygens (including phenoxy) is 1. The molecule has 1 aromatic carbocycles. The third-order valence-electron chi connectivity index (χ3n) is 3.93. The number of fused-ring (bicyclic) bond motifs is 1. The fourth-order valence-electron chi connectivity index (χ4n) is 2.93. The summed E-state index contributed by atoms with van der Waals surface area (Å²) in [5.41, 5.74) is 1.29. The first-order valence-corrected chi connectivity index (χ1v) is 6.05. The summed E-state index contributed by atoms with van der Waals surface area (Å²) in [6.07, 6.45) is 4.35. The quantitative estimate of drug-likeness (QED) is 0.728. The van der Waals surface area contributed by atoms with Gasteiger partial charge in [0.2, 0.25) is 0 Å². The Kier molecular flexibility index (Phi) is 2.49. The van der Waals surface area contributed by atoms with Crippen molar-refractivity contribution in [2.45, 2.75) is 25.9 Å². The second kappa shape index (κ2) is 3.97. The second-order valence-corrected chi connectivity index (χ2v) is 5.00. The van der Waals surface area contributed by atoms with Gasteiger partial charge in [-0.05, 0) is 42.6 Å². The van der Waals surface area contributed by atoms with Crippen LogP contribution in [0.15, 0.2) is 30.3 Å². The van der Waals surface area contributed by atoms with Crippen molar-refractivity contribution in [3.05, 3.63) is 35.9 Å². The molecule has 1 aromatic rings. The molecule has 3 rings (SSSR count). The van der Waals surface area contributed by atoms with Crippen LogP contribution in [0.4, 0.5) is 0 Å². The zero-order chi connectivity index (χ0) is 10.1. The standard InChI is InChI=1S/C14H18O/c1-2-4-11(5-3-1)9-15-10-13-7-6-12-8-14(12)13/h1-5,12-14H,6-10H2/t12-,13-,14+/m0/s1. The molecule has 0 N–H and O–H groups in total. The Morgan fingerprint density at radius 1 is 1.13 bits per heavy atom. The minimum absolute atomic E-state index is 0.786. The summed E-state index contributed by atoms with van der Waals surface area (Å²) in [6.45, 7) is 1.77. The fraction of sp³-hybridized carbons (Fsp3) is 0.571. The smallest absolute Gasteiger partial charge is 0.0717 e. The third kappa shape index (κ3) is 2.07. The van der Waals surface area contributed by atoms with Crippen LogP contribution < -0.4 is 0 Å². The van der Waals surface area contributed by atoms with Gasteiger partial charge in [-0.1, -0.05) is 30.3 Å². The van der Waals surface area contributed by atoms with Gasteiger partial charge in [0.1, 0.15) is 0 Å². The minimum atomic E-state index is 0.786. The lowest BCUT2D eigenvalue weighted by Crippen LogP contribution is -2.08. The van der Waals surface area contributed by atoms with E-state index in [9.17, 15) is 0 Å². The lowest BCUT2D eigenvalue weighted by molar-refractivity contribution is 0.0822. The summed E-state index contributed by atoms with van der Waals surface area (Å²) in [4.78, 5) is 0. The van der Waals surface area contributed by atoms with E-state index in [-0.39, 0.29) is 0 Å². The summed E-state index contributed by atoms with van der Waals surface area (Å²) in [5.74, 6) is 2.98. The molecule has 0 spiro atoms. The first kappa shape index (κ1) is 9.41. The van der Waals surface area contributed by atoms with Gasteiger partial charge >= 0.3 is 0 Å². The Morgan fingerprint density at radius 2 is 2.00 bits per heavy atom. The van der Waals surface area contributed by atoms with E-state index >= 15 is 0 Å². The number of hydrogen-bond donors (Lipinski definition) is 0. The van der Waals surface area contributed by atoms with Gasteiger partial charge < -0.3 is 4.74 Å². The Bertz CT molecular complexity index is 319. The van der Waals surface area contributed by atoms with Crippen molar-refractivity contribution >= 4 is 0 Å². The molecule has 15 heavy (non-hydrogen) atoms. The van der Waals surface area contributed by atoms with E-state index in [0.29, 0.717) is 0 Å². The van der Waals surface area contributed by atoms with Crippen LogP contribution in [0.2, 0.25) is 0 Å². The van der Waals surface area contributed by atoms with E-state index in [1.807, 2.05) is 0 Å². The first-order valence-electron chi connectivity index (χ1n) is 6.05. The van der Waals surface area contributed by atoms with Crippen LogP contribution in [0.3, 0.4) is 0 Å². The van der Waals surface area contributed by atoms with Crippen molar-refractivity contribution < 1.29 is 4.74 Å². The molecule has 0 heterocycles.